The van der Waals surface area contributed by atoms with Gasteiger partial charge < -0.3 is 10.1 Å². The fraction of sp³-hybridized carbons (Fsp3) is 0.200. The Morgan fingerprint density at radius 2 is 2.04 bits per heavy atom. The first-order valence-corrected chi connectivity index (χ1v) is 7.15. The van der Waals surface area contributed by atoms with Crippen LogP contribution in [0.2, 0.25) is 0 Å². The normalized spacial score (nSPS) is 10.5. The number of nitrogens with zero attached hydrogens (tertiary/aromatic N) is 7. The van der Waals surface area contributed by atoms with E-state index in [4.69, 9.17) is 5.26 Å². The molecule has 0 aliphatic carbocycles. The molecule has 2 aromatic heterocycles. The fourth-order valence-corrected chi connectivity index (χ4v) is 2.34. The molecule has 0 atom stereocenters. The van der Waals surface area contributed by atoms with E-state index in [0.717, 1.165) is 5.56 Å². The minimum Gasteiger partial charge on any atom is -0.358 e. The highest BCUT2D eigenvalue weighted by molar-refractivity contribution is 5.58. The van der Waals surface area contributed by atoms with Crippen LogP contribution < -0.4 is 0 Å². The standard InChI is InChI=1S/C15H13N7O2/c1-11-17-9-15(22(23)24)21(11)7-6-20-10-14(18-19-20)13-4-2-12(8-16)3-5-13/h2-5,9-10H,6-7H2,1H3. The molecule has 24 heavy (non-hydrogen) atoms. The zero-order chi connectivity index (χ0) is 17.1. The van der Waals surface area contributed by atoms with Gasteiger partial charge in [0.05, 0.1) is 24.4 Å². The molecule has 0 spiro atoms. The average molecular weight is 323 g/mol. The first kappa shape index (κ1) is 15.4. The predicted molar refractivity (Wildman–Crippen MR) is 83.8 cm³/mol. The first-order chi connectivity index (χ1) is 11.6. The maximum absolute atomic E-state index is 11.0. The Bertz CT molecular complexity index is 918. The zero-order valence-electron chi connectivity index (χ0n) is 12.8. The molecule has 3 rings (SSSR count). The molecule has 2 heterocycles. The molecule has 0 aliphatic rings. The van der Waals surface area contributed by atoms with Gasteiger partial charge in [-0.3, -0.25) is 0 Å². The smallest absolute Gasteiger partial charge is 0.342 e. The molecule has 9 nitrogen and oxygen atoms in total. The van der Waals surface area contributed by atoms with Gasteiger partial charge >= 0.3 is 5.82 Å². The number of aryl methyl sites for hydroxylation is 2. The summed E-state index contributed by atoms with van der Waals surface area (Å²) in [7, 11) is 0. The van der Waals surface area contributed by atoms with Crippen LogP contribution in [0.5, 0.6) is 0 Å². The van der Waals surface area contributed by atoms with E-state index in [1.807, 2.05) is 0 Å². The van der Waals surface area contributed by atoms with Gasteiger partial charge in [-0.1, -0.05) is 17.3 Å². The largest absolute Gasteiger partial charge is 0.358 e. The fourth-order valence-electron chi connectivity index (χ4n) is 2.34. The molecule has 0 N–H and O–H groups in total. The number of imidazole rings is 1. The van der Waals surface area contributed by atoms with E-state index in [2.05, 4.69) is 21.4 Å². The van der Waals surface area contributed by atoms with Gasteiger partial charge in [0.2, 0.25) is 0 Å². The lowest BCUT2D eigenvalue weighted by atomic mass is 10.1. The Kier molecular flexibility index (Phi) is 4.03. The van der Waals surface area contributed by atoms with Crippen molar-refractivity contribution in [3.05, 3.63) is 58.2 Å². The summed E-state index contributed by atoms with van der Waals surface area (Å²) in [6.07, 6.45) is 3.01. The second-order valence-corrected chi connectivity index (χ2v) is 5.13. The quantitative estimate of drug-likeness (QED) is 0.523. The van der Waals surface area contributed by atoms with Crippen molar-refractivity contribution in [2.45, 2.75) is 20.0 Å². The summed E-state index contributed by atoms with van der Waals surface area (Å²) in [6.45, 7) is 2.52. The van der Waals surface area contributed by atoms with Crippen molar-refractivity contribution in [2.75, 3.05) is 0 Å². The van der Waals surface area contributed by atoms with E-state index in [1.54, 1.807) is 42.1 Å². The molecule has 0 bridgehead atoms. The van der Waals surface area contributed by atoms with Crippen LogP contribution in [0.3, 0.4) is 0 Å². The lowest BCUT2D eigenvalue weighted by molar-refractivity contribution is -0.392. The van der Waals surface area contributed by atoms with Gasteiger partial charge in [0, 0.05) is 12.5 Å². The summed E-state index contributed by atoms with van der Waals surface area (Å²) in [5.41, 5.74) is 2.11. The van der Waals surface area contributed by atoms with Gasteiger partial charge in [0.15, 0.2) is 5.82 Å². The third kappa shape index (κ3) is 2.98. The minimum absolute atomic E-state index is 0.0417. The molecule has 0 radical (unpaired) electrons. The van der Waals surface area contributed by atoms with Gasteiger partial charge in [0.25, 0.3) is 0 Å². The highest BCUT2D eigenvalue weighted by Gasteiger charge is 2.17. The second kappa shape index (κ2) is 6.29. The summed E-state index contributed by atoms with van der Waals surface area (Å²) in [5, 5.41) is 27.9. The molecule has 0 fully saturated rings. The zero-order valence-corrected chi connectivity index (χ0v) is 12.8. The van der Waals surface area contributed by atoms with Crippen LogP contribution in [0.15, 0.2) is 36.7 Å². The van der Waals surface area contributed by atoms with E-state index in [1.165, 1.54) is 10.8 Å². The molecular formula is C15H13N7O2. The molecule has 3 aromatic rings. The third-order valence-corrected chi connectivity index (χ3v) is 3.62. The topological polar surface area (TPSA) is 115 Å². The molecule has 0 aliphatic heterocycles. The SMILES string of the molecule is Cc1ncc([N+](=O)[O-])n1CCn1cc(-c2ccc(C#N)cc2)nn1. The Morgan fingerprint density at radius 3 is 2.71 bits per heavy atom. The molecule has 9 heteroatoms. The van der Waals surface area contributed by atoms with Gasteiger partial charge in [-0.15, -0.1) is 5.10 Å². The molecule has 1 aromatic carbocycles. The number of hydrogen-bond donors (Lipinski definition) is 0. The van der Waals surface area contributed by atoms with Gasteiger partial charge in [-0.05, 0) is 17.1 Å². The van der Waals surface area contributed by atoms with Crippen molar-refractivity contribution in [3.63, 3.8) is 0 Å². The number of benzene rings is 1. The first-order valence-electron chi connectivity index (χ1n) is 7.15. The maximum atomic E-state index is 11.0. The van der Waals surface area contributed by atoms with Crippen molar-refractivity contribution in [2.24, 2.45) is 0 Å². The van der Waals surface area contributed by atoms with E-state index >= 15 is 0 Å². The van der Waals surface area contributed by atoms with E-state index < -0.39 is 4.92 Å². The number of nitro groups is 1. The van der Waals surface area contributed by atoms with Crippen molar-refractivity contribution in [3.8, 4) is 17.3 Å². The number of rotatable bonds is 5. The van der Waals surface area contributed by atoms with Crippen LogP contribution >= 0.6 is 0 Å². The molecule has 0 saturated carbocycles. The monoisotopic (exact) mass is 323 g/mol. The Morgan fingerprint density at radius 1 is 1.29 bits per heavy atom. The molecule has 0 unspecified atom stereocenters. The van der Waals surface area contributed by atoms with Crippen LogP contribution in [-0.4, -0.2) is 29.5 Å². The lowest BCUT2D eigenvalue weighted by Crippen LogP contribution is -2.11. The summed E-state index contributed by atoms with van der Waals surface area (Å²) < 4.78 is 3.15. The second-order valence-electron chi connectivity index (χ2n) is 5.13. The van der Waals surface area contributed by atoms with Crippen LogP contribution in [0, 0.1) is 28.4 Å². The van der Waals surface area contributed by atoms with Gasteiger partial charge in [-0.2, -0.15) is 5.26 Å². The van der Waals surface area contributed by atoms with Gasteiger partial charge in [-0.25, -0.2) is 14.2 Å². The Hall–Kier alpha value is -3.54. The van der Waals surface area contributed by atoms with Crippen LogP contribution in [0.4, 0.5) is 5.82 Å². The molecule has 0 saturated heterocycles. The Labute approximate surface area is 136 Å². The van der Waals surface area contributed by atoms with Crippen LogP contribution in [-0.2, 0) is 13.1 Å². The summed E-state index contributed by atoms with van der Waals surface area (Å²) >= 11 is 0. The highest BCUT2D eigenvalue weighted by Crippen LogP contribution is 2.17. The lowest BCUT2D eigenvalue weighted by Gasteiger charge is -2.02. The van der Waals surface area contributed by atoms with E-state index in [0.29, 0.717) is 30.2 Å². The average Bonchev–Trinajstić information content (AvgIpc) is 3.20. The van der Waals surface area contributed by atoms with E-state index in [-0.39, 0.29) is 5.82 Å². The number of hydrogen-bond acceptors (Lipinski definition) is 6. The Balaban J connectivity index is 1.74. The van der Waals surface area contributed by atoms with Gasteiger partial charge in [0.1, 0.15) is 18.4 Å². The number of aromatic nitrogens is 5. The highest BCUT2D eigenvalue weighted by atomic mass is 16.6. The molecular weight excluding hydrogens is 310 g/mol. The number of nitriles is 1. The van der Waals surface area contributed by atoms with Crippen molar-refractivity contribution in [1.29, 1.82) is 5.26 Å². The van der Waals surface area contributed by atoms with Crippen molar-refractivity contribution >= 4 is 5.82 Å². The summed E-state index contributed by atoms with van der Waals surface area (Å²) in [5.74, 6) is 0.536. The van der Waals surface area contributed by atoms with Crippen molar-refractivity contribution < 1.29 is 4.92 Å². The van der Waals surface area contributed by atoms with Crippen LogP contribution in [0.25, 0.3) is 11.3 Å². The maximum Gasteiger partial charge on any atom is 0.342 e. The molecule has 120 valence electrons. The molecule has 0 amide bonds. The summed E-state index contributed by atoms with van der Waals surface area (Å²) in [6, 6.07) is 9.10. The predicted octanol–water partition coefficient (Wildman–Crippen LogP) is 1.93. The van der Waals surface area contributed by atoms with Crippen LogP contribution in [0.1, 0.15) is 11.4 Å². The van der Waals surface area contributed by atoms with E-state index in [9.17, 15) is 10.1 Å². The minimum atomic E-state index is -0.455. The van der Waals surface area contributed by atoms with Crippen molar-refractivity contribution in [1.82, 2.24) is 24.5 Å². The summed E-state index contributed by atoms with van der Waals surface area (Å²) in [4.78, 5) is 14.5. The third-order valence-electron chi connectivity index (χ3n) is 3.62.